The third kappa shape index (κ3) is 4.50. The number of piperazine rings is 1. The van der Waals surface area contributed by atoms with Gasteiger partial charge in [-0.1, -0.05) is 0 Å². The summed E-state index contributed by atoms with van der Waals surface area (Å²) < 4.78 is 15.6. The number of amides is 1. The van der Waals surface area contributed by atoms with Gasteiger partial charge < -0.3 is 24.8 Å². The van der Waals surface area contributed by atoms with E-state index in [0.29, 0.717) is 31.1 Å². The maximum Gasteiger partial charge on any atom is 0.411 e. The highest BCUT2D eigenvalue weighted by molar-refractivity contribution is 5.83. The molecule has 0 aromatic heterocycles. The average Bonchev–Trinajstić information content (AvgIpc) is 2.59. The maximum absolute atomic E-state index is 12.5. The summed E-state index contributed by atoms with van der Waals surface area (Å²) in [6.07, 6.45) is -0.526. The van der Waals surface area contributed by atoms with E-state index in [0.717, 1.165) is 5.69 Å². The molecular formula is C18H27N3O5. The van der Waals surface area contributed by atoms with Crippen LogP contribution in [0.1, 0.15) is 20.8 Å². The number of rotatable bonds is 3. The van der Waals surface area contributed by atoms with Crippen molar-refractivity contribution in [3.8, 4) is 5.75 Å². The maximum atomic E-state index is 12.5. The number of nitrogens with two attached hydrogens (primary N) is 1. The van der Waals surface area contributed by atoms with Gasteiger partial charge in [-0.3, -0.25) is 4.90 Å². The number of hydrogen-bond donors (Lipinski definition) is 1. The number of methoxy groups -OCH3 is 2. The highest BCUT2D eigenvalue weighted by Crippen LogP contribution is 2.29. The normalized spacial score (nSPS) is 17.7. The van der Waals surface area contributed by atoms with Crippen molar-refractivity contribution in [2.75, 3.05) is 44.5 Å². The number of nitrogen functional groups attached to an aromatic ring is 1. The number of carbonyl (C=O) groups excluding carboxylic acids is 2. The van der Waals surface area contributed by atoms with Crippen LogP contribution in [0.3, 0.4) is 0 Å². The van der Waals surface area contributed by atoms with E-state index >= 15 is 0 Å². The van der Waals surface area contributed by atoms with E-state index in [1.54, 1.807) is 33.9 Å². The molecule has 1 aliphatic rings. The highest BCUT2D eigenvalue weighted by Gasteiger charge is 2.38. The molecule has 1 aromatic rings. The van der Waals surface area contributed by atoms with Gasteiger partial charge in [0.2, 0.25) is 0 Å². The zero-order chi connectivity index (χ0) is 19.5. The van der Waals surface area contributed by atoms with Crippen molar-refractivity contribution in [2.45, 2.75) is 32.4 Å². The van der Waals surface area contributed by atoms with Crippen molar-refractivity contribution >= 4 is 23.4 Å². The first-order valence-corrected chi connectivity index (χ1v) is 8.42. The lowest BCUT2D eigenvalue weighted by atomic mass is 10.1. The average molecular weight is 365 g/mol. The van der Waals surface area contributed by atoms with Crippen LogP contribution in [-0.2, 0) is 14.3 Å². The standard InChI is InChI=1S/C18H27N3O5/c1-18(2,3)26-17(23)21-9-8-20(11-14(21)16(22)25-5)12-6-7-13(19)15(10-12)24-4/h6-7,10,14H,8-9,11,19H2,1-5H3/t14-/m0/s1. The lowest BCUT2D eigenvalue weighted by Crippen LogP contribution is -2.59. The molecule has 2 N–H and O–H groups in total. The fourth-order valence-corrected chi connectivity index (χ4v) is 2.79. The molecule has 144 valence electrons. The molecule has 1 atom stereocenters. The molecule has 1 fully saturated rings. The molecule has 1 aromatic carbocycles. The van der Waals surface area contributed by atoms with Crippen molar-refractivity contribution in [3.05, 3.63) is 18.2 Å². The van der Waals surface area contributed by atoms with Crippen LogP contribution in [-0.4, -0.2) is 62.5 Å². The Labute approximate surface area is 153 Å². The van der Waals surface area contributed by atoms with Crippen LogP contribution in [0, 0.1) is 0 Å². The summed E-state index contributed by atoms with van der Waals surface area (Å²) in [4.78, 5) is 28.1. The van der Waals surface area contributed by atoms with Gasteiger partial charge in [0.05, 0.1) is 19.9 Å². The van der Waals surface area contributed by atoms with Gasteiger partial charge in [0, 0.05) is 31.4 Å². The summed E-state index contributed by atoms with van der Waals surface area (Å²) in [6.45, 7) is 6.53. The van der Waals surface area contributed by atoms with Gasteiger partial charge in [0.1, 0.15) is 11.4 Å². The molecule has 8 heteroatoms. The number of hydrogen-bond acceptors (Lipinski definition) is 7. The number of anilines is 2. The minimum absolute atomic E-state index is 0.291. The topological polar surface area (TPSA) is 94.3 Å². The Morgan fingerprint density at radius 1 is 1.19 bits per heavy atom. The Balaban J connectivity index is 2.22. The van der Waals surface area contributed by atoms with E-state index in [1.807, 2.05) is 17.0 Å². The lowest BCUT2D eigenvalue weighted by molar-refractivity contribution is -0.147. The molecule has 1 heterocycles. The van der Waals surface area contributed by atoms with Crippen LogP contribution in [0.5, 0.6) is 5.75 Å². The van der Waals surface area contributed by atoms with Crippen LogP contribution in [0.25, 0.3) is 0 Å². The monoisotopic (exact) mass is 365 g/mol. The smallest absolute Gasteiger partial charge is 0.411 e. The van der Waals surface area contributed by atoms with Crippen molar-refractivity contribution < 1.29 is 23.8 Å². The van der Waals surface area contributed by atoms with Crippen LogP contribution in [0.15, 0.2) is 18.2 Å². The Morgan fingerprint density at radius 2 is 1.88 bits per heavy atom. The molecule has 0 spiro atoms. The largest absolute Gasteiger partial charge is 0.495 e. The minimum atomic E-state index is -0.757. The van der Waals surface area contributed by atoms with Gasteiger partial charge in [-0.15, -0.1) is 0 Å². The number of esters is 1. The van der Waals surface area contributed by atoms with Gasteiger partial charge in [-0.25, -0.2) is 9.59 Å². The van der Waals surface area contributed by atoms with Gasteiger partial charge in [-0.2, -0.15) is 0 Å². The predicted octanol–water partition coefficient (Wildman–Crippen LogP) is 1.88. The van der Waals surface area contributed by atoms with Crippen molar-refractivity contribution in [1.29, 1.82) is 0 Å². The first-order chi connectivity index (χ1) is 12.2. The molecule has 1 aliphatic heterocycles. The van der Waals surface area contributed by atoms with Crippen molar-refractivity contribution in [2.24, 2.45) is 0 Å². The molecule has 26 heavy (non-hydrogen) atoms. The molecule has 0 radical (unpaired) electrons. The van der Waals surface area contributed by atoms with Crippen LogP contribution in [0.4, 0.5) is 16.2 Å². The van der Waals surface area contributed by atoms with Crippen LogP contribution in [0.2, 0.25) is 0 Å². The number of benzene rings is 1. The zero-order valence-electron chi connectivity index (χ0n) is 15.9. The van der Waals surface area contributed by atoms with E-state index in [-0.39, 0.29) is 0 Å². The quantitative estimate of drug-likeness (QED) is 0.645. The molecule has 2 rings (SSSR count). The molecule has 0 aliphatic carbocycles. The third-order valence-corrected chi connectivity index (χ3v) is 4.06. The molecule has 0 bridgehead atoms. The Kier molecular flexibility index (Phi) is 5.84. The molecule has 0 unspecified atom stereocenters. The van der Waals surface area contributed by atoms with E-state index < -0.39 is 23.7 Å². The fraction of sp³-hybridized carbons (Fsp3) is 0.556. The fourth-order valence-electron chi connectivity index (χ4n) is 2.79. The first kappa shape index (κ1) is 19.7. The van der Waals surface area contributed by atoms with Crippen LogP contribution >= 0.6 is 0 Å². The summed E-state index contributed by atoms with van der Waals surface area (Å²) in [5.41, 5.74) is 6.61. The second-order valence-electron chi connectivity index (χ2n) is 7.08. The summed E-state index contributed by atoms with van der Waals surface area (Å²) >= 11 is 0. The van der Waals surface area contributed by atoms with Gasteiger partial charge in [0.15, 0.2) is 6.04 Å². The van der Waals surface area contributed by atoms with E-state index in [9.17, 15) is 9.59 Å². The SMILES string of the molecule is COC(=O)[C@@H]1CN(c2ccc(N)c(OC)c2)CCN1C(=O)OC(C)(C)C. The summed E-state index contributed by atoms with van der Waals surface area (Å²) in [7, 11) is 2.86. The third-order valence-electron chi connectivity index (χ3n) is 4.06. The second-order valence-corrected chi connectivity index (χ2v) is 7.08. The van der Waals surface area contributed by atoms with E-state index in [4.69, 9.17) is 19.9 Å². The molecular weight excluding hydrogens is 338 g/mol. The highest BCUT2D eigenvalue weighted by atomic mass is 16.6. The number of nitrogens with zero attached hydrogens (tertiary/aromatic N) is 2. The molecule has 1 amide bonds. The summed E-state index contributed by atoms with van der Waals surface area (Å²) in [5.74, 6) is 0.0784. The Hall–Kier alpha value is -2.64. The van der Waals surface area contributed by atoms with Gasteiger partial charge in [-0.05, 0) is 32.9 Å². The van der Waals surface area contributed by atoms with E-state index in [1.165, 1.54) is 12.0 Å². The first-order valence-electron chi connectivity index (χ1n) is 8.42. The second kappa shape index (κ2) is 7.72. The van der Waals surface area contributed by atoms with Crippen LogP contribution < -0.4 is 15.4 Å². The van der Waals surface area contributed by atoms with Crippen molar-refractivity contribution in [3.63, 3.8) is 0 Å². The number of carbonyl (C=O) groups is 2. The Bertz CT molecular complexity index is 671. The molecule has 0 saturated carbocycles. The molecule has 8 nitrogen and oxygen atoms in total. The number of ether oxygens (including phenoxy) is 3. The minimum Gasteiger partial charge on any atom is -0.495 e. The summed E-state index contributed by atoms with van der Waals surface area (Å²) in [6, 6.07) is 4.66. The zero-order valence-corrected chi connectivity index (χ0v) is 15.9. The van der Waals surface area contributed by atoms with Gasteiger partial charge in [0.25, 0.3) is 0 Å². The van der Waals surface area contributed by atoms with Crippen molar-refractivity contribution in [1.82, 2.24) is 4.90 Å². The lowest BCUT2D eigenvalue weighted by Gasteiger charge is -2.41. The Morgan fingerprint density at radius 3 is 2.46 bits per heavy atom. The predicted molar refractivity (Wildman–Crippen MR) is 98.4 cm³/mol. The van der Waals surface area contributed by atoms with E-state index in [2.05, 4.69) is 0 Å². The molecule has 1 saturated heterocycles. The summed E-state index contributed by atoms with van der Waals surface area (Å²) in [5, 5.41) is 0. The van der Waals surface area contributed by atoms with Gasteiger partial charge >= 0.3 is 12.1 Å².